The first-order valence-electron chi connectivity index (χ1n) is 14.0. The number of carbonyl (C=O) groups is 2. The number of nitrogens with two attached hydrogens (primary N) is 1. The maximum absolute atomic E-state index is 13.9. The van der Waals surface area contributed by atoms with Gasteiger partial charge >= 0.3 is 11.9 Å². The molecule has 2 aromatic carbocycles. The number of non-ortho nitro benzene ring substituents is 1. The summed E-state index contributed by atoms with van der Waals surface area (Å²) in [6, 6.07) is 14.4. The number of carboxylic acid groups (broad SMARTS) is 1. The van der Waals surface area contributed by atoms with Gasteiger partial charge in [0.15, 0.2) is 0 Å². The zero-order valence-corrected chi connectivity index (χ0v) is 23.7. The first-order valence-corrected chi connectivity index (χ1v) is 14.0. The second kappa shape index (κ2) is 13.5. The molecule has 0 amide bonds. The van der Waals surface area contributed by atoms with E-state index in [0.717, 1.165) is 18.5 Å². The Morgan fingerprint density at radius 1 is 1.16 bits per heavy atom. The number of nitrogens with zero attached hydrogens (tertiary/aromatic N) is 3. The van der Waals surface area contributed by atoms with Crippen LogP contribution in [-0.2, 0) is 25.7 Å². The number of likely N-dealkylation sites (tertiary alicyclic amines) is 1. The Labute approximate surface area is 247 Å². The number of carbonyl (C=O) groups excluding carboxylic acids is 1. The molecule has 0 saturated carbocycles. The van der Waals surface area contributed by atoms with E-state index in [1.807, 2.05) is 30.3 Å². The van der Waals surface area contributed by atoms with Gasteiger partial charge in [-0.2, -0.15) is 0 Å². The van der Waals surface area contributed by atoms with Crippen LogP contribution in [0.2, 0.25) is 0 Å². The standard InChI is InChI=1S/C29H35N5O9/c1-19-29(28(36)37,13-7-15-42-34(40)41)25(21-10-5-11-22(16-21)33(38)39)24(26(30)31-19)27(35)43-23-12-6-14-32(18-23)17-20-8-3-2-4-9-20/h2-5,8-11,16,19,23,25,31H,6-7,12-15,17-18,30H2,1H3,(H,36,37). The molecule has 0 aromatic heterocycles. The number of ether oxygens (including phenoxy) is 1. The molecule has 1 saturated heterocycles. The number of rotatable bonds is 12. The van der Waals surface area contributed by atoms with Gasteiger partial charge in [-0.3, -0.25) is 19.8 Å². The Morgan fingerprint density at radius 2 is 1.91 bits per heavy atom. The van der Waals surface area contributed by atoms with Gasteiger partial charge in [0.25, 0.3) is 10.8 Å². The molecular weight excluding hydrogens is 562 g/mol. The quantitative estimate of drug-likeness (QED) is 0.140. The van der Waals surface area contributed by atoms with Crippen molar-refractivity contribution in [2.24, 2.45) is 11.1 Å². The number of esters is 1. The van der Waals surface area contributed by atoms with Crippen LogP contribution in [0.5, 0.6) is 0 Å². The summed E-state index contributed by atoms with van der Waals surface area (Å²) >= 11 is 0. The van der Waals surface area contributed by atoms with Crippen LogP contribution in [0.4, 0.5) is 5.69 Å². The number of carboxylic acids is 1. The lowest BCUT2D eigenvalue weighted by atomic mass is 9.60. The van der Waals surface area contributed by atoms with E-state index in [1.165, 1.54) is 24.3 Å². The summed E-state index contributed by atoms with van der Waals surface area (Å²) in [5.74, 6) is -3.50. The number of aliphatic carboxylic acids is 1. The van der Waals surface area contributed by atoms with Crippen molar-refractivity contribution in [2.45, 2.75) is 57.2 Å². The van der Waals surface area contributed by atoms with Crippen LogP contribution >= 0.6 is 0 Å². The number of hydrogen-bond donors (Lipinski definition) is 3. The van der Waals surface area contributed by atoms with E-state index in [2.05, 4.69) is 15.1 Å². The number of nitrogens with one attached hydrogen (secondary N) is 1. The van der Waals surface area contributed by atoms with Crippen LogP contribution in [-0.4, -0.2) is 63.8 Å². The summed E-state index contributed by atoms with van der Waals surface area (Å²) in [7, 11) is 0. The van der Waals surface area contributed by atoms with E-state index in [1.54, 1.807) is 6.92 Å². The van der Waals surface area contributed by atoms with Crippen molar-refractivity contribution in [1.82, 2.24) is 10.2 Å². The number of hydrogen-bond acceptors (Lipinski definition) is 11. The van der Waals surface area contributed by atoms with E-state index < -0.39 is 45.4 Å². The van der Waals surface area contributed by atoms with Gasteiger partial charge in [-0.15, -0.1) is 10.1 Å². The largest absolute Gasteiger partial charge is 0.481 e. The molecule has 0 spiro atoms. The van der Waals surface area contributed by atoms with Crippen molar-refractivity contribution in [3.63, 3.8) is 0 Å². The van der Waals surface area contributed by atoms with Crippen molar-refractivity contribution in [2.75, 3.05) is 19.7 Å². The van der Waals surface area contributed by atoms with E-state index in [9.17, 15) is 34.9 Å². The smallest absolute Gasteiger partial charge is 0.338 e. The molecule has 4 N–H and O–H groups in total. The Morgan fingerprint density at radius 3 is 2.58 bits per heavy atom. The summed E-state index contributed by atoms with van der Waals surface area (Å²) in [6.07, 6.45) is 0.652. The maximum atomic E-state index is 13.9. The maximum Gasteiger partial charge on any atom is 0.338 e. The minimum Gasteiger partial charge on any atom is -0.481 e. The van der Waals surface area contributed by atoms with Gasteiger partial charge in [-0.25, -0.2) is 4.79 Å². The lowest BCUT2D eigenvalue weighted by Gasteiger charge is -2.47. The first-order chi connectivity index (χ1) is 20.5. The van der Waals surface area contributed by atoms with Crippen molar-refractivity contribution < 1.29 is 34.3 Å². The normalized spacial score (nSPS) is 24.1. The van der Waals surface area contributed by atoms with E-state index in [4.69, 9.17) is 10.5 Å². The fraction of sp³-hybridized carbons (Fsp3) is 0.448. The highest BCUT2D eigenvalue weighted by Gasteiger charge is 2.57. The molecule has 230 valence electrons. The van der Waals surface area contributed by atoms with Gasteiger partial charge in [-0.1, -0.05) is 42.5 Å². The molecule has 2 aromatic rings. The minimum absolute atomic E-state index is 0.0516. The number of nitro groups is 1. The molecule has 14 heteroatoms. The Kier molecular flexibility index (Phi) is 9.80. The Balaban J connectivity index is 1.68. The molecule has 2 aliphatic rings. The fourth-order valence-corrected chi connectivity index (χ4v) is 6.20. The zero-order chi connectivity index (χ0) is 31.1. The molecule has 4 unspecified atom stereocenters. The number of nitro benzene ring substituents is 1. The predicted octanol–water partition coefficient (Wildman–Crippen LogP) is 3.11. The van der Waals surface area contributed by atoms with E-state index in [-0.39, 0.29) is 42.1 Å². The second-order valence-electron chi connectivity index (χ2n) is 10.9. The molecule has 2 aliphatic heterocycles. The summed E-state index contributed by atoms with van der Waals surface area (Å²) in [5.41, 5.74) is 5.42. The first kappa shape index (κ1) is 31.2. The van der Waals surface area contributed by atoms with Crippen LogP contribution in [0.25, 0.3) is 0 Å². The van der Waals surface area contributed by atoms with Crippen LogP contribution in [0.1, 0.15) is 49.7 Å². The third kappa shape index (κ3) is 7.02. The predicted molar refractivity (Wildman–Crippen MR) is 153 cm³/mol. The topological polar surface area (TPSA) is 200 Å². The van der Waals surface area contributed by atoms with Crippen LogP contribution in [0, 0.1) is 25.6 Å². The number of benzene rings is 2. The highest BCUT2D eigenvalue weighted by molar-refractivity contribution is 5.94. The van der Waals surface area contributed by atoms with Crippen molar-refractivity contribution in [3.05, 3.63) is 97.3 Å². The van der Waals surface area contributed by atoms with Crippen molar-refractivity contribution in [3.8, 4) is 0 Å². The molecule has 0 bridgehead atoms. The molecule has 2 heterocycles. The molecule has 0 radical (unpaired) electrons. The summed E-state index contributed by atoms with van der Waals surface area (Å²) in [6.45, 7) is 3.14. The summed E-state index contributed by atoms with van der Waals surface area (Å²) in [4.78, 5) is 55.4. The monoisotopic (exact) mass is 597 g/mol. The van der Waals surface area contributed by atoms with Gasteiger partial charge in [0.05, 0.1) is 22.5 Å². The highest BCUT2D eigenvalue weighted by atomic mass is 16.9. The third-order valence-corrected chi connectivity index (χ3v) is 8.19. The van der Waals surface area contributed by atoms with E-state index >= 15 is 0 Å². The molecule has 4 rings (SSSR count). The van der Waals surface area contributed by atoms with Crippen molar-refractivity contribution in [1.29, 1.82) is 0 Å². The summed E-state index contributed by atoms with van der Waals surface area (Å²) in [5, 5.41) is 35.0. The van der Waals surface area contributed by atoms with Gasteiger partial charge in [0.1, 0.15) is 11.9 Å². The fourth-order valence-electron chi connectivity index (χ4n) is 6.20. The van der Waals surface area contributed by atoms with Crippen molar-refractivity contribution >= 4 is 17.6 Å². The number of piperidine rings is 1. The second-order valence-corrected chi connectivity index (χ2v) is 10.9. The average molecular weight is 598 g/mol. The van der Waals surface area contributed by atoms with Gasteiger partial charge in [-0.05, 0) is 50.3 Å². The molecule has 4 atom stereocenters. The average Bonchev–Trinajstić information content (AvgIpc) is 2.96. The van der Waals surface area contributed by atoms with Gasteiger partial charge in [0, 0.05) is 37.2 Å². The third-order valence-electron chi connectivity index (χ3n) is 8.19. The highest BCUT2D eigenvalue weighted by Crippen LogP contribution is 2.51. The van der Waals surface area contributed by atoms with E-state index in [0.29, 0.717) is 19.5 Å². The Bertz CT molecular complexity index is 1390. The van der Waals surface area contributed by atoms with Gasteiger partial charge in [0.2, 0.25) is 0 Å². The van der Waals surface area contributed by atoms with Gasteiger partial charge < -0.3 is 25.7 Å². The molecule has 14 nitrogen and oxygen atoms in total. The van der Waals surface area contributed by atoms with Crippen LogP contribution in [0.15, 0.2) is 66.0 Å². The minimum atomic E-state index is -1.79. The zero-order valence-electron chi connectivity index (χ0n) is 23.7. The lowest BCUT2D eigenvalue weighted by molar-refractivity contribution is -0.757. The lowest BCUT2D eigenvalue weighted by Crippen LogP contribution is -2.58. The molecule has 0 aliphatic carbocycles. The molecule has 1 fully saturated rings. The molecular formula is C29H35N5O9. The summed E-state index contributed by atoms with van der Waals surface area (Å²) < 4.78 is 5.96. The Hall–Kier alpha value is -4.72. The molecule has 43 heavy (non-hydrogen) atoms. The van der Waals surface area contributed by atoms with Crippen LogP contribution in [0.3, 0.4) is 0 Å². The SMILES string of the molecule is CC1NC(N)=C(C(=O)OC2CCCN(Cc3ccccc3)C2)C(c2cccc([N+](=O)[O-])c2)C1(CCCO[N+](=O)[O-])C(=O)O. The van der Waals surface area contributed by atoms with Crippen LogP contribution < -0.4 is 11.1 Å².